The van der Waals surface area contributed by atoms with Crippen LogP contribution in [-0.2, 0) is 9.84 Å². The van der Waals surface area contributed by atoms with Gasteiger partial charge < -0.3 is 10.8 Å². The molecule has 0 heterocycles. The number of anilines is 1. The molecule has 0 amide bonds. The normalized spacial score (nSPS) is 10.7. The van der Waals surface area contributed by atoms with Gasteiger partial charge in [0.2, 0.25) is 9.84 Å². The molecule has 0 aliphatic carbocycles. The first kappa shape index (κ1) is 15.0. The third-order valence-electron chi connectivity index (χ3n) is 2.32. The number of hydrogen-bond acceptors (Lipinski definition) is 4. The second-order valence-corrected chi connectivity index (χ2v) is 5.49. The van der Waals surface area contributed by atoms with Crippen LogP contribution in [0.25, 0.3) is 0 Å². The van der Waals surface area contributed by atoms with Crippen LogP contribution in [-0.4, -0.2) is 8.42 Å². The van der Waals surface area contributed by atoms with Crippen LogP contribution in [0.2, 0.25) is 0 Å². The minimum Gasteiger partial charge on any atom is -0.872 e. The number of nitrogens with two attached hydrogens (primary N) is 1. The minimum atomic E-state index is -3.57. The van der Waals surface area contributed by atoms with Gasteiger partial charge in [0.05, 0.1) is 9.79 Å². The minimum absolute atomic E-state index is 0. The van der Waals surface area contributed by atoms with Crippen LogP contribution in [0.1, 0.15) is 0 Å². The number of rotatable bonds is 2. The molecule has 4 nitrogen and oxygen atoms in total. The summed E-state index contributed by atoms with van der Waals surface area (Å²) in [5.74, 6) is -0.221. The summed E-state index contributed by atoms with van der Waals surface area (Å²) in [7, 11) is -3.57. The molecule has 0 unspecified atom stereocenters. The third-order valence-corrected chi connectivity index (χ3v) is 4.11. The summed E-state index contributed by atoms with van der Waals surface area (Å²) in [4.78, 5) is 0.257. The van der Waals surface area contributed by atoms with E-state index in [1.807, 2.05) is 0 Å². The van der Waals surface area contributed by atoms with Crippen molar-refractivity contribution >= 4 is 15.5 Å². The fourth-order valence-corrected chi connectivity index (χ4v) is 2.66. The standard InChI is InChI=1S/C12H11NO3S.Na/c13-9-1-5-11(6-2-9)17(15,16)12-7-3-10(14)4-8-12;/h1-8,14H,13H2;/q;+1/p-1. The van der Waals surface area contributed by atoms with Crippen LogP contribution in [0.15, 0.2) is 58.3 Å². The Morgan fingerprint density at radius 3 is 1.67 bits per heavy atom. The Balaban J connectivity index is 0.00000162. The average molecular weight is 271 g/mol. The van der Waals surface area contributed by atoms with Gasteiger partial charge in [-0.05, 0) is 36.4 Å². The Labute approximate surface area is 128 Å². The summed E-state index contributed by atoms with van der Waals surface area (Å²) >= 11 is 0. The summed E-state index contributed by atoms with van der Waals surface area (Å²) in [6.07, 6.45) is 0. The smallest absolute Gasteiger partial charge is 0.872 e. The second kappa shape index (κ2) is 5.75. The molecular weight excluding hydrogens is 261 g/mol. The van der Waals surface area contributed by atoms with Gasteiger partial charge >= 0.3 is 29.6 Å². The molecule has 0 fully saturated rings. The number of sulfone groups is 1. The van der Waals surface area contributed by atoms with Crippen LogP contribution in [0, 0.1) is 0 Å². The van der Waals surface area contributed by atoms with Crippen LogP contribution in [0.4, 0.5) is 5.69 Å². The largest absolute Gasteiger partial charge is 1.00 e. The number of nitrogen functional groups attached to an aromatic ring is 1. The van der Waals surface area contributed by atoms with Crippen molar-refractivity contribution in [3.8, 4) is 5.75 Å². The maximum Gasteiger partial charge on any atom is 1.00 e. The Hall–Kier alpha value is -1.01. The molecule has 0 saturated carbocycles. The van der Waals surface area contributed by atoms with Gasteiger partial charge in [-0.2, -0.15) is 0 Å². The molecule has 0 aliphatic rings. The van der Waals surface area contributed by atoms with E-state index in [1.165, 1.54) is 48.5 Å². The van der Waals surface area contributed by atoms with Crippen molar-refractivity contribution in [3.05, 3.63) is 48.5 Å². The van der Waals surface area contributed by atoms with Gasteiger partial charge in [-0.15, -0.1) is 5.75 Å². The number of benzene rings is 2. The second-order valence-electron chi connectivity index (χ2n) is 3.54. The fraction of sp³-hybridized carbons (Fsp3) is 0. The Morgan fingerprint density at radius 2 is 1.22 bits per heavy atom. The van der Waals surface area contributed by atoms with Crippen LogP contribution < -0.4 is 40.4 Å². The SMILES string of the molecule is Nc1ccc(S(=O)(=O)c2ccc([O-])cc2)cc1.[Na+]. The first-order valence-electron chi connectivity index (χ1n) is 4.88. The van der Waals surface area contributed by atoms with Crippen molar-refractivity contribution in [1.29, 1.82) is 0 Å². The maximum atomic E-state index is 12.1. The Bertz CT molecular complexity index is 570. The van der Waals surface area contributed by atoms with Crippen molar-refractivity contribution in [2.24, 2.45) is 0 Å². The zero-order chi connectivity index (χ0) is 12.5. The van der Waals surface area contributed by atoms with Crippen molar-refractivity contribution in [3.63, 3.8) is 0 Å². The predicted molar refractivity (Wildman–Crippen MR) is 62.2 cm³/mol. The van der Waals surface area contributed by atoms with Crippen molar-refractivity contribution in [2.75, 3.05) is 5.73 Å². The topological polar surface area (TPSA) is 83.2 Å². The van der Waals surface area contributed by atoms with Gasteiger partial charge in [0.25, 0.3) is 0 Å². The van der Waals surface area contributed by atoms with Crippen molar-refractivity contribution in [2.45, 2.75) is 9.79 Å². The Kier molecular flexibility index (Phi) is 4.81. The summed E-state index contributed by atoms with van der Waals surface area (Å²) in [6.45, 7) is 0. The summed E-state index contributed by atoms with van der Waals surface area (Å²) in [6, 6.07) is 11.0. The zero-order valence-electron chi connectivity index (χ0n) is 9.83. The van der Waals surface area contributed by atoms with E-state index in [9.17, 15) is 13.5 Å². The molecule has 2 N–H and O–H groups in total. The average Bonchev–Trinajstić information content (AvgIpc) is 2.30. The number of hydrogen-bond donors (Lipinski definition) is 1. The van der Waals surface area contributed by atoms with Gasteiger partial charge in [0.15, 0.2) is 0 Å². The molecule has 18 heavy (non-hydrogen) atoms. The van der Waals surface area contributed by atoms with E-state index >= 15 is 0 Å². The van der Waals surface area contributed by atoms with Gasteiger partial charge in [-0.3, -0.25) is 0 Å². The first-order chi connectivity index (χ1) is 8.00. The van der Waals surface area contributed by atoms with Crippen LogP contribution >= 0.6 is 0 Å². The Morgan fingerprint density at radius 1 is 0.833 bits per heavy atom. The summed E-state index contributed by atoms with van der Waals surface area (Å²) < 4.78 is 24.2. The van der Waals surface area contributed by atoms with E-state index in [0.29, 0.717) is 5.69 Å². The third kappa shape index (κ3) is 3.05. The molecule has 0 radical (unpaired) electrons. The molecule has 2 aromatic rings. The van der Waals surface area contributed by atoms with Crippen LogP contribution in [0.3, 0.4) is 0 Å². The van der Waals surface area contributed by atoms with Crippen molar-refractivity contribution < 1.29 is 43.1 Å². The van der Waals surface area contributed by atoms with Gasteiger partial charge in [0.1, 0.15) is 0 Å². The molecule has 88 valence electrons. The monoisotopic (exact) mass is 271 g/mol. The van der Waals surface area contributed by atoms with Crippen LogP contribution in [0.5, 0.6) is 5.75 Å². The van der Waals surface area contributed by atoms with Crippen molar-refractivity contribution in [1.82, 2.24) is 0 Å². The molecule has 0 bridgehead atoms. The zero-order valence-corrected chi connectivity index (χ0v) is 12.6. The molecule has 6 heteroatoms. The quantitative estimate of drug-likeness (QED) is 0.515. The molecule has 0 spiro atoms. The van der Waals surface area contributed by atoms with E-state index in [-0.39, 0.29) is 45.1 Å². The predicted octanol–water partition coefficient (Wildman–Crippen LogP) is -1.82. The summed E-state index contributed by atoms with van der Waals surface area (Å²) in [5.41, 5.74) is 5.99. The van der Waals surface area contributed by atoms with Gasteiger partial charge in [0, 0.05) is 5.69 Å². The van der Waals surface area contributed by atoms with Gasteiger partial charge in [-0.25, -0.2) is 8.42 Å². The van der Waals surface area contributed by atoms with E-state index in [2.05, 4.69) is 0 Å². The maximum absolute atomic E-state index is 12.1. The molecule has 0 saturated heterocycles. The fourth-order valence-electron chi connectivity index (χ4n) is 1.40. The molecule has 0 atom stereocenters. The first-order valence-corrected chi connectivity index (χ1v) is 6.36. The molecular formula is C12H10NNaO3S. The van der Waals surface area contributed by atoms with Gasteiger partial charge in [-0.1, -0.05) is 12.1 Å². The molecule has 2 aromatic carbocycles. The van der Waals surface area contributed by atoms with E-state index < -0.39 is 9.84 Å². The van der Waals surface area contributed by atoms with E-state index in [1.54, 1.807) is 0 Å². The summed E-state index contributed by atoms with van der Waals surface area (Å²) in [5, 5.41) is 10.9. The molecule has 0 aliphatic heterocycles. The molecule has 0 aromatic heterocycles. The van der Waals surface area contributed by atoms with E-state index in [4.69, 9.17) is 5.73 Å². The van der Waals surface area contributed by atoms with E-state index in [0.717, 1.165) is 0 Å². The molecule has 2 rings (SSSR count).